The van der Waals surface area contributed by atoms with Crippen LogP contribution in [0.15, 0.2) is 78.9 Å². The fourth-order valence-corrected chi connectivity index (χ4v) is 4.37. The highest BCUT2D eigenvalue weighted by Crippen LogP contribution is 2.44. The number of likely N-dealkylation sites (N-methyl/N-ethyl adjacent to an activating group) is 1. The Morgan fingerprint density at radius 2 is 1.41 bits per heavy atom. The van der Waals surface area contributed by atoms with Crippen molar-refractivity contribution in [1.82, 2.24) is 4.90 Å². The van der Waals surface area contributed by atoms with Gasteiger partial charge in [-0.15, -0.1) is 0 Å². The molecule has 1 aliphatic heterocycles. The Hall–Kier alpha value is -3.37. The SMILES string of the molecule is CC(OCC1(c2ccccc2)C(=O)OC(c2ccccc2)N1C)c1cc(C(F)(F)F)cc(C(F)(F)F)c1. The van der Waals surface area contributed by atoms with Gasteiger partial charge in [0.15, 0.2) is 11.8 Å². The van der Waals surface area contributed by atoms with E-state index in [2.05, 4.69) is 0 Å². The number of cyclic esters (lactones) is 1. The average molecular weight is 523 g/mol. The van der Waals surface area contributed by atoms with E-state index in [4.69, 9.17) is 9.47 Å². The molecule has 0 amide bonds. The summed E-state index contributed by atoms with van der Waals surface area (Å²) in [5.41, 5.74) is -3.49. The number of ether oxygens (including phenoxy) is 2. The predicted octanol–water partition coefficient (Wildman–Crippen LogP) is 6.88. The van der Waals surface area contributed by atoms with Crippen LogP contribution in [0.5, 0.6) is 0 Å². The molecule has 3 aromatic rings. The van der Waals surface area contributed by atoms with Crippen molar-refractivity contribution < 1.29 is 40.6 Å². The second-order valence-electron chi connectivity index (χ2n) is 8.80. The van der Waals surface area contributed by atoms with Crippen LogP contribution in [0.1, 0.15) is 47.1 Å². The van der Waals surface area contributed by atoms with Gasteiger partial charge in [-0.05, 0) is 43.3 Å². The molecule has 4 nitrogen and oxygen atoms in total. The van der Waals surface area contributed by atoms with E-state index in [0.29, 0.717) is 23.3 Å². The van der Waals surface area contributed by atoms with Gasteiger partial charge in [-0.3, -0.25) is 0 Å². The molecule has 3 atom stereocenters. The molecule has 0 spiro atoms. The molecule has 196 valence electrons. The molecule has 1 fully saturated rings. The minimum atomic E-state index is -4.99. The highest BCUT2D eigenvalue weighted by Gasteiger charge is 2.56. The molecule has 0 saturated carbocycles. The number of carbonyl (C=O) groups is 1. The van der Waals surface area contributed by atoms with Gasteiger partial charge in [0.1, 0.15) is 0 Å². The quantitative estimate of drug-likeness (QED) is 0.261. The Bertz CT molecular complexity index is 1210. The van der Waals surface area contributed by atoms with E-state index in [9.17, 15) is 31.1 Å². The molecule has 4 rings (SSSR count). The zero-order chi connectivity index (χ0) is 27.0. The molecule has 37 heavy (non-hydrogen) atoms. The van der Waals surface area contributed by atoms with Crippen molar-refractivity contribution in [2.75, 3.05) is 13.7 Å². The van der Waals surface area contributed by atoms with Gasteiger partial charge in [0, 0.05) is 5.56 Å². The molecular formula is C27H23F6NO3. The minimum Gasteiger partial charge on any atom is -0.440 e. The number of alkyl halides is 6. The summed E-state index contributed by atoms with van der Waals surface area (Å²) in [4.78, 5) is 15.0. The predicted molar refractivity (Wildman–Crippen MR) is 122 cm³/mol. The monoisotopic (exact) mass is 523 g/mol. The van der Waals surface area contributed by atoms with Crippen molar-refractivity contribution in [2.24, 2.45) is 0 Å². The summed E-state index contributed by atoms with van der Waals surface area (Å²) in [7, 11) is 1.65. The van der Waals surface area contributed by atoms with Gasteiger partial charge in [0.25, 0.3) is 0 Å². The third-order valence-electron chi connectivity index (χ3n) is 6.47. The number of halogens is 6. The lowest BCUT2D eigenvalue weighted by Crippen LogP contribution is -2.48. The number of carbonyl (C=O) groups excluding carboxylic acids is 1. The maximum atomic E-state index is 13.4. The van der Waals surface area contributed by atoms with Crippen LogP contribution >= 0.6 is 0 Å². The fourth-order valence-electron chi connectivity index (χ4n) is 4.37. The average Bonchev–Trinajstić information content (AvgIpc) is 3.12. The van der Waals surface area contributed by atoms with Crippen molar-refractivity contribution in [2.45, 2.75) is 37.1 Å². The lowest BCUT2D eigenvalue weighted by atomic mass is 9.89. The van der Waals surface area contributed by atoms with Crippen LogP contribution in [0.2, 0.25) is 0 Å². The summed E-state index contributed by atoms with van der Waals surface area (Å²) in [6.45, 7) is 0.956. The first-order chi connectivity index (χ1) is 17.3. The van der Waals surface area contributed by atoms with Crippen LogP contribution in [0.25, 0.3) is 0 Å². The third-order valence-corrected chi connectivity index (χ3v) is 6.47. The van der Waals surface area contributed by atoms with Gasteiger partial charge in [-0.2, -0.15) is 26.3 Å². The Kier molecular flexibility index (Phi) is 7.09. The van der Waals surface area contributed by atoms with Crippen molar-refractivity contribution in [3.8, 4) is 0 Å². The number of nitrogens with zero attached hydrogens (tertiary/aromatic N) is 1. The van der Waals surface area contributed by atoms with E-state index in [1.54, 1.807) is 72.6 Å². The molecule has 0 radical (unpaired) electrons. The largest absolute Gasteiger partial charge is 0.440 e. The minimum absolute atomic E-state index is 0.0637. The highest BCUT2D eigenvalue weighted by atomic mass is 19.4. The summed E-state index contributed by atoms with van der Waals surface area (Å²) in [6.07, 6.45) is -12.0. The zero-order valence-corrected chi connectivity index (χ0v) is 19.8. The van der Waals surface area contributed by atoms with Crippen LogP contribution in [-0.2, 0) is 32.2 Å². The number of hydrogen-bond acceptors (Lipinski definition) is 4. The van der Waals surface area contributed by atoms with Crippen LogP contribution in [0, 0.1) is 0 Å². The molecular weight excluding hydrogens is 500 g/mol. The van der Waals surface area contributed by atoms with E-state index in [0.717, 1.165) is 0 Å². The number of rotatable bonds is 6. The Balaban J connectivity index is 1.70. The smallest absolute Gasteiger partial charge is 0.416 e. The molecule has 1 saturated heterocycles. The van der Waals surface area contributed by atoms with Crippen LogP contribution in [-0.4, -0.2) is 24.5 Å². The summed E-state index contributed by atoms with van der Waals surface area (Å²) in [5, 5.41) is 0. The first kappa shape index (κ1) is 26.7. The van der Waals surface area contributed by atoms with E-state index in [1.165, 1.54) is 6.92 Å². The van der Waals surface area contributed by atoms with E-state index < -0.39 is 47.3 Å². The van der Waals surface area contributed by atoms with Crippen LogP contribution < -0.4 is 0 Å². The van der Waals surface area contributed by atoms with Crippen LogP contribution in [0.3, 0.4) is 0 Å². The number of benzene rings is 3. The molecule has 0 aromatic heterocycles. The molecule has 1 aliphatic rings. The van der Waals surface area contributed by atoms with Crippen molar-refractivity contribution in [1.29, 1.82) is 0 Å². The second kappa shape index (κ2) is 9.83. The Morgan fingerprint density at radius 1 is 0.892 bits per heavy atom. The Labute approximate surface area is 209 Å². The normalized spacial score (nSPS) is 21.6. The van der Waals surface area contributed by atoms with Gasteiger partial charge >= 0.3 is 18.3 Å². The molecule has 1 heterocycles. The molecule has 10 heteroatoms. The summed E-state index contributed by atoms with van der Waals surface area (Å²) < 4.78 is 91.6. The van der Waals surface area contributed by atoms with Gasteiger partial charge in [-0.25, -0.2) is 9.69 Å². The molecule has 3 aromatic carbocycles. The maximum absolute atomic E-state index is 13.4. The van der Waals surface area contributed by atoms with Crippen molar-refractivity contribution in [3.63, 3.8) is 0 Å². The first-order valence-electron chi connectivity index (χ1n) is 11.3. The molecule has 0 bridgehead atoms. The maximum Gasteiger partial charge on any atom is 0.416 e. The van der Waals surface area contributed by atoms with Gasteiger partial charge < -0.3 is 9.47 Å². The summed E-state index contributed by atoms with van der Waals surface area (Å²) >= 11 is 0. The molecule has 0 N–H and O–H groups in total. The Morgan fingerprint density at radius 3 is 1.92 bits per heavy atom. The van der Waals surface area contributed by atoms with Gasteiger partial charge in [0.2, 0.25) is 0 Å². The lowest BCUT2D eigenvalue weighted by molar-refractivity contribution is -0.148. The third kappa shape index (κ3) is 5.21. The van der Waals surface area contributed by atoms with Crippen molar-refractivity contribution in [3.05, 3.63) is 107 Å². The zero-order valence-electron chi connectivity index (χ0n) is 19.8. The van der Waals surface area contributed by atoms with Gasteiger partial charge in [-0.1, -0.05) is 60.7 Å². The van der Waals surface area contributed by atoms with E-state index in [-0.39, 0.29) is 18.2 Å². The van der Waals surface area contributed by atoms with Gasteiger partial charge in [0.05, 0.1) is 23.8 Å². The number of hydrogen-bond donors (Lipinski definition) is 0. The number of esters is 1. The standard InChI is InChI=1S/C27H23F6NO3/c1-17(19-13-21(26(28,29)30)15-22(14-19)27(31,32)33)36-16-25(20-11-7-4-8-12-20)24(35)37-23(34(25)2)18-9-5-3-6-10-18/h3-15,17,23H,16H2,1-2H3. The molecule has 3 unspecified atom stereocenters. The topological polar surface area (TPSA) is 38.8 Å². The second-order valence-corrected chi connectivity index (χ2v) is 8.80. The first-order valence-corrected chi connectivity index (χ1v) is 11.3. The summed E-state index contributed by atoms with van der Waals surface area (Å²) in [5.74, 6) is -0.651. The fraction of sp³-hybridized carbons (Fsp3) is 0.296. The van der Waals surface area contributed by atoms with Crippen molar-refractivity contribution >= 4 is 5.97 Å². The van der Waals surface area contributed by atoms with Crippen LogP contribution in [0.4, 0.5) is 26.3 Å². The molecule has 0 aliphatic carbocycles. The lowest BCUT2D eigenvalue weighted by Gasteiger charge is -2.34. The summed E-state index contributed by atoms with van der Waals surface area (Å²) in [6, 6.07) is 18.8. The van der Waals surface area contributed by atoms with E-state index >= 15 is 0 Å². The van der Waals surface area contributed by atoms with E-state index in [1.807, 2.05) is 0 Å². The highest BCUT2D eigenvalue weighted by molar-refractivity contribution is 5.85.